The van der Waals surface area contributed by atoms with Crippen LogP contribution in [0.2, 0.25) is 0 Å². The lowest BCUT2D eigenvalue weighted by Gasteiger charge is -2.42. The van der Waals surface area contributed by atoms with E-state index in [9.17, 15) is 28.3 Å². The van der Waals surface area contributed by atoms with E-state index in [1.54, 1.807) is 6.92 Å². The van der Waals surface area contributed by atoms with Gasteiger partial charge in [-0.15, -0.1) is 0 Å². The van der Waals surface area contributed by atoms with Crippen LogP contribution in [0.25, 0.3) is 0 Å². The second-order valence-electron chi connectivity index (χ2n) is 9.87. The van der Waals surface area contributed by atoms with Gasteiger partial charge in [-0.3, -0.25) is 14.4 Å². The van der Waals surface area contributed by atoms with Gasteiger partial charge in [-0.05, 0) is 51.3 Å². The highest BCUT2D eigenvalue weighted by molar-refractivity contribution is 5.99. The third-order valence-electron chi connectivity index (χ3n) is 7.54. The van der Waals surface area contributed by atoms with Gasteiger partial charge in [0, 0.05) is 30.9 Å². The van der Waals surface area contributed by atoms with Crippen LogP contribution < -0.4 is 10.7 Å². The molecule has 0 radical (unpaired) electrons. The van der Waals surface area contributed by atoms with Gasteiger partial charge in [-0.25, -0.2) is 13.2 Å². The highest BCUT2D eigenvalue weighted by atomic mass is 19.1. The second-order valence-corrected chi connectivity index (χ2v) is 9.87. The zero-order valence-corrected chi connectivity index (χ0v) is 20.3. The van der Waals surface area contributed by atoms with Crippen molar-refractivity contribution in [1.29, 1.82) is 0 Å². The molecule has 0 saturated carbocycles. The molecule has 1 aromatic heterocycles. The number of hydrogen-bond acceptors (Lipinski definition) is 6. The molecule has 1 fully saturated rings. The molecule has 3 aliphatic rings. The Morgan fingerprint density at radius 1 is 1.27 bits per heavy atom. The van der Waals surface area contributed by atoms with Crippen LogP contribution in [0.1, 0.15) is 64.7 Å². The first-order valence-electron chi connectivity index (χ1n) is 11.8. The lowest BCUT2D eigenvalue weighted by Crippen LogP contribution is -2.55. The minimum absolute atomic E-state index is 0.000617. The quantitative estimate of drug-likeness (QED) is 0.649. The molecular formula is C25H25F3N4O5. The molecule has 196 valence electrons. The van der Waals surface area contributed by atoms with Gasteiger partial charge in [0.2, 0.25) is 5.43 Å². The summed E-state index contributed by atoms with van der Waals surface area (Å²) in [7, 11) is 0. The summed E-state index contributed by atoms with van der Waals surface area (Å²) in [4.78, 5) is 46.3. The average molecular weight is 518 g/mol. The summed E-state index contributed by atoms with van der Waals surface area (Å²) in [6.07, 6.45) is 0.00364. The molecular weight excluding hydrogens is 493 g/mol. The number of amides is 2. The molecule has 0 aliphatic carbocycles. The molecule has 2 aromatic rings. The van der Waals surface area contributed by atoms with Gasteiger partial charge in [0.1, 0.15) is 17.2 Å². The average Bonchev–Trinajstić information content (AvgIpc) is 3.05. The summed E-state index contributed by atoms with van der Waals surface area (Å²) in [5.74, 6) is -4.39. The number of aromatic nitrogens is 1. The number of alkyl halides is 1. The zero-order chi connectivity index (χ0) is 26.8. The Morgan fingerprint density at radius 3 is 2.57 bits per heavy atom. The Labute approximate surface area is 209 Å². The molecule has 1 saturated heterocycles. The number of benzene rings is 1. The Bertz CT molecular complexity index is 1400. The number of pyridine rings is 1. The van der Waals surface area contributed by atoms with E-state index in [4.69, 9.17) is 4.84 Å². The number of nitrogens with one attached hydrogen (secondary N) is 1. The number of rotatable bonds is 3. The van der Waals surface area contributed by atoms with E-state index < -0.39 is 70.1 Å². The van der Waals surface area contributed by atoms with Crippen molar-refractivity contribution in [2.75, 3.05) is 6.54 Å². The van der Waals surface area contributed by atoms with Gasteiger partial charge in [-0.2, -0.15) is 0 Å². The van der Waals surface area contributed by atoms with Crippen molar-refractivity contribution in [3.05, 3.63) is 62.6 Å². The van der Waals surface area contributed by atoms with Gasteiger partial charge < -0.3 is 24.7 Å². The molecule has 1 aromatic carbocycles. The molecule has 2 bridgehead atoms. The largest absolute Gasteiger partial charge is 0.503 e. The predicted octanol–water partition coefficient (Wildman–Crippen LogP) is 2.73. The molecule has 1 spiro atoms. The minimum atomic E-state index is -1.63. The molecule has 5 rings (SSSR count). The molecule has 2 amide bonds. The Hall–Kier alpha value is -3.83. The van der Waals surface area contributed by atoms with Gasteiger partial charge in [0.25, 0.3) is 11.8 Å². The summed E-state index contributed by atoms with van der Waals surface area (Å²) in [6, 6.07) is 0.947. The lowest BCUT2D eigenvalue weighted by atomic mass is 9.82. The van der Waals surface area contributed by atoms with Crippen molar-refractivity contribution in [2.24, 2.45) is 5.16 Å². The zero-order valence-electron chi connectivity index (χ0n) is 20.3. The fraction of sp³-hybridized carbons (Fsp3) is 0.440. The first-order chi connectivity index (χ1) is 17.5. The third-order valence-corrected chi connectivity index (χ3v) is 7.54. The summed E-state index contributed by atoms with van der Waals surface area (Å²) in [5, 5.41) is 16.9. The number of carbonyl (C=O) groups is 2. The second kappa shape index (κ2) is 8.63. The van der Waals surface area contributed by atoms with Crippen molar-refractivity contribution in [3.8, 4) is 5.75 Å². The molecule has 3 aliphatic heterocycles. The van der Waals surface area contributed by atoms with Gasteiger partial charge in [0.05, 0.1) is 11.8 Å². The van der Waals surface area contributed by atoms with Gasteiger partial charge >= 0.3 is 0 Å². The van der Waals surface area contributed by atoms with E-state index >= 15 is 4.39 Å². The van der Waals surface area contributed by atoms with Crippen LogP contribution in [0.5, 0.6) is 5.75 Å². The number of oxime groups is 1. The van der Waals surface area contributed by atoms with E-state index in [0.29, 0.717) is 12.0 Å². The first kappa shape index (κ1) is 24.8. The van der Waals surface area contributed by atoms with E-state index in [0.717, 1.165) is 18.3 Å². The number of fused-ring (bicyclic) bond motifs is 5. The molecule has 0 unspecified atom stereocenters. The number of hydrogen-bond donors (Lipinski definition) is 2. The standard InChI is InChI=1S/C25H25F3N4O5/c1-11-6-16(26)14(17(27)7-11)8-29-23(35)15-9-32-18-10-31(24(36)19(32)21(34)20(15)33)12(2)4-5-25(18)22(28)13(3)30-37-25/h6-7,9,12,18,22,34H,4-5,8,10H2,1-3H3,(H,29,35)/t12-,18+,22+,25+/m0/s1. The van der Waals surface area contributed by atoms with Crippen LogP contribution in [-0.4, -0.2) is 56.5 Å². The molecule has 4 atom stereocenters. The number of nitrogens with zero attached hydrogens (tertiary/aromatic N) is 3. The highest BCUT2D eigenvalue weighted by Crippen LogP contribution is 2.47. The van der Waals surface area contributed by atoms with E-state index in [1.807, 2.05) is 0 Å². The van der Waals surface area contributed by atoms with E-state index in [2.05, 4.69) is 10.5 Å². The normalized spacial score (nSPS) is 26.4. The summed E-state index contributed by atoms with van der Waals surface area (Å²) in [5.41, 5.74) is -3.56. The summed E-state index contributed by atoms with van der Waals surface area (Å²) in [6.45, 7) is 4.20. The van der Waals surface area contributed by atoms with Crippen molar-refractivity contribution in [3.63, 3.8) is 0 Å². The lowest BCUT2D eigenvalue weighted by molar-refractivity contribution is -0.0956. The number of halogens is 3. The minimum Gasteiger partial charge on any atom is -0.503 e. The van der Waals surface area contributed by atoms with Crippen molar-refractivity contribution >= 4 is 17.5 Å². The van der Waals surface area contributed by atoms with Gasteiger partial charge in [-0.1, -0.05) is 5.16 Å². The molecule has 9 nitrogen and oxygen atoms in total. The maximum atomic E-state index is 15.5. The third kappa shape index (κ3) is 3.68. The maximum Gasteiger partial charge on any atom is 0.274 e. The van der Waals surface area contributed by atoms with Crippen LogP contribution in [0, 0.1) is 18.6 Å². The molecule has 2 N–H and O–H groups in total. The topological polar surface area (TPSA) is 113 Å². The van der Waals surface area contributed by atoms with E-state index in [1.165, 1.54) is 23.3 Å². The number of aryl methyl sites for hydroxylation is 1. The smallest absolute Gasteiger partial charge is 0.274 e. The van der Waals surface area contributed by atoms with Crippen LogP contribution in [0.15, 0.2) is 28.3 Å². The van der Waals surface area contributed by atoms with Crippen LogP contribution in [0.4, 0.5) is 13.2 Å². The van der Waals surface area contributed by atoms with Gasteiger partial charge in [0.15, 0.2) is 23.2 Å². The highest BCUT2D eigenvalue weighted by Gasteiger charge is 2.59. The molecule has 12 heteroatoms. The van der Waals surface area contributed by atoms with E-state index in [-0.39, 0.29) is 30.4 Å². The Balaban J connectivity index is 1.57. The maximum absolute atomic E-state index is 15.5. The van der Waals surface area contributed by atoms with Crippen LogP contribution >= 0.6 is 0 Å². The molecule has 37 heavy (non-hydrogen) atoms. The Kier molecular flexibility index (Phi) is 5.80. The number of aromatic hydroxyl groups is 1. The first-order valence-corrected chi connectivity index (χ1v) is 11.8. The van der Waals surface area contributed by atoms with Crippen molar-refractivity contribution in [1.82, 2.24) is 14.8 Å². The SMILES string of the molecule is CC1=NO[C@@]2(CC[C@H](C)N3C[C@H]2n2cc(C(=O)NCc4c(F)cc(C)cc4F)c(=O)c(O)c2C3=O)[C@@H]1F. The van der Waals surface area contributed by atoms with Crippen molar-refractivity contribution in [2.45, 2.75) is 64.0 Å². The predicted molar refractivity (Wildman–Crippen MR) is 125 cm³/mol. The summed E-state index contributed by atoms with van der Waals surface area (Å²) < 4.78 is 45.2. The summed E-state index contributed by atoms with van der Waals surface area (Å²) >= 11 is 0. The fourth-order valence-corrected chi connectivity index (χ4v) is 5.43. The molecule has 4 heterocycles. The Morgan fingerprint density at radius 2 is 1.95 bits per heavy atom. The van der Waals surface area contributed by atoms with Crippen LogP contribution in [0.3, 0.4) is 0 Å². The fourth-order valence-electron chi connectivity index (χ4n) is 5.43. The monoisotopic (exact) mass is 518 g/mol. The van der Waals surface area contributed by atoms with Crippen LogP contribution in [-0.2, 0) is 11.4 Å². The number of carbonyl (C=O) groups excluding carboxylic acids is 2. The van der Waals surface area contributed by atoms with Crippen molar-refractivity contribution < 1.29 is 32.7 Å².